The molecular formula is C15H23NO3. The van der Waals surface area contributed by atoms with Crippen molar-refractivity contribution in [3.63, 3.8) is 0 Å². The maximum Gasteiger partial charge on any atom is 0.306 e. The Kier molecular flexibility index (Phi) is 5.36. The summed E-state index contributed by atoms with van der Waals surface area (Å²) in [4.78, 5) is 11.6. The lowest BCUT2D eigenvalue weighted by Crippen LogP contribution is -2.42. The van der Waals surface area contributed by atoms with Gasteiger partial charge >= 0.3 is 5.97 Å². The molecule has 0 aliphatic heterocycles. The Morgan fingerprint density at radius 1 is 1.37 bits per heavy atom. The summed E-state index contributed by atoms with van der Waals surface area (Å²) in [6.45, 7) is 6.45. The molecule has 0 aliphatic rings. The Labute approximate surface area is 114 Å². The third kappa shape index (κ3) is 3.70. The van der Waals surface area contributed by atoms with E-state index in [0.29, 0.717) is 6.61 Å². The molecule has 0 amide bonds. The molecular weight excluding hydrogens is 242 g/mol. The van der Waals surface area contributed by atoms with Crippen molar-refractivity contribution in [2.75, 3.05) is 13.7 Å². The number of hydrogen-bond acceptors (Lipinski definition) is 4. The highest BCUT2D eigenvalue weighted by atomic mass is 16.5. The van der Waals surface area contributed by atoms with E-state index in [2.05, 4.69) is 0 Å². The van der Waals surface area contributed by atoms with Gasteiger partial charge in [0, 0.05) is 11.5 Å². The zero-order valence-corrected chi connectivity index (χ0v) is 12.1. The van der Waals surface area contributed by atoms with E-state index in [1.807, 2.05) is 45.0 Å². The van der Waals surface area contributed by atoms with Crippen LogP contribution in [0.4, 0.5) is 0 Å². The van der Waals surface area contributed by atoms with Gasteiger partial charge in [-0.05, 0) is 31.5 Å². The van der Waals surface area contributed by atoms with Crippen molar-refractivity contribution < 1.29 is 14.3 Å². The molecule has 0 aliphatic carbocycles. The average molecular weight is 265 g/mol. The molecule has 0 radical (unpaired) electrons. The maximum absolute atomic E-state index is 11.6. The molecule has 1 aromatic carbocycles. The average Bonchev–Trinajstić information content (AvgIpc) is 2.39. The molecule has 4 nitrogen and oxygen atoms in total. The van der Waals surface area contributed by atoms with Gasteiger partial charge in [-0.25, -0.2) is 0 Å². The van der Waals surface area contributed by atoms with E-state index in [4.69, 9.17) is 15.2 Å². The minimum atomic E-state index is -0.447. The summed E-state index contributed by atoms with van der Waals surface area (Å²) in [5, 5.41) is 0. The molecule has 1 aromatic rings. The van der Waals surface area contributed by atoms with Crippen LogP contribution in [0.1, 0.15) is 32.8 Å². The summed E-state index contributed by atoms with van der Waals surface area (Å²) in [5.74, 6) is 0.560. The van der Waals surface area contributed by atoms with Crippen molar-refractivity contribution in [2.45, 2.75) is 38.6 Å². The molecule has 0 aromatic heterocycles. The van der Waals surface area contributed by atoms with Crippen molar-refractivity contribution in [1.29, 1.82) is 0 Å². The van der Waals surface area contributed by atoms with Crippen molar-refractivity contribution >= 4 is 5.97 Å². The van der Waals surface area contributed by atoms with Crippen LogP contribution in [0, 0.1) is 0 Å². The molecule has 4 heteroatoms. The molecule has 0 fully saturated rings. The van der Waals surface area contributed by atoms with Gasteiger partial charge in [0.05, 0.1) is 20.1 Å². The number of nitrogens with two attached hydrogens (primary N) is 1. The SMILES string of the molecule is CCOc1ccc(C(C)(CC(=O)OC)C(C)N)cc1. The Morgan fingerprint density at radius 2 is 1.95 bits per heavy atom. The van der Waals surface area contributed by atoms with Gasteiger partial charge < -0.3 is 15.2 Å². The molecule has 1 rings (SSSR count). The lowest BCUT2D eigenvalue weighted by Gasteiger charge is -2.33. The van der Waals surface area contributed by atoms with E-state index in [1.54, 1.807) is 0 Å². The molecule has 0 spiro atoms. The lowest BCUT2D eigenvalue weighted by molar-refractivity contribution is -0.142. The molecule has 0 saturated carbocycles. The van der Waals surface area contributed by atoms with E-state index in [-0.39, 0.29) is 18.4 Å². The van der Waals surface area contributed by atoms with Gasteiger partial charge in [0.25, 0.3) is 0 Å². The van der Waals surface area contributed by atoms with E-state index >= 15 is 0 Å². The number of benzene rings is 1. The fraction of sp³-hybridized carbons (Fsp3) is 0.533. The third-order valence-electron chi connectivity index (χ3n) is 3.57. The maximum atomic E-state index is 11.6. The summed E-state index contributed by atoms with van der Waals surface area (Å²) in [7, 11) is 1.39. The number of methoxy groups -OCH3 is 1. The van der Waals surface area contributed by atoms with E-state index in [0.717, 1.165) is 11.3 Å². The predicted octanol–water partition coefficient (Wildman–Crippen LogP) is 2.25. The zero-order chi connectivity index (χ0) is 14.5. The fourth-order valence-corrected chi connectivity index (χ4v) is 2.00. The topological polar surface area (TPSA) is 61.5 Å². The number of carbonyl (C=O) groups is 1. The number of rotatable bonds is 6. The summed E-state index contributed by atoms with van der Waals surface area (Å²) in [5.41, 5.74) is 6.63. The van der Waals surface area contributed by atoms with Gasteiger partial charge in [0.2, 0.25) is 0 Å². The van der Waals surface area contributed by atoms with Crippen molar-refractivity contribution in [3.8, 4) is 5.75 Å². The predicted molar refractivity (Wildman–Crippen MR) is 75.2 cm³/mol. The highest BCUT2D eigenvalue weighted by Gasteiger charge is 2.34. The number of ether oxygens (including phenoxy) is 2. The van der Waals surface area contributed by atoms with Crippen LogP contribution in [-0.2, 0) is 14.9 Å². The van der Waals surface area contributed by atoms with Crippen molar-refractivity contribution in [1.82, 2.24) is 0 Å². The van der Waals surface area contributed by atoms with Crippen LogP contribution in [0.2, 0.25) is 0 Å². The standard InChI is InChI=1S/C15H23NO3/c1-5-19-13-8-6-12(7-9-13)15(3,11(2)16)10-14(17)18-4/h6-9,11H,5,10,16H2,1-4H3. The highest BCUT2D eigenvalue weighted by molar-refractivity contribution is 5.71. The van der Waals surface area contributed by atoms with Gasteiger partial charge in [-0.3, -0.25) is 4.79 Å². The van der Waals surface area contributed by atoms with Crippen LogP contribution in [0.3, 0.4) is 0 Å². The van der Waals surface area contributed by atoms with Crippen LogP contribution in [-0.4, -0.2) is 25.7 Å². The summed E-state index contributed by atoms with van der Waals surface area (Å²) in [6, 6.07) is 7.55. The zero-order valence-electron chi connectivity index (χ0n) is 12.1. The van der Waals surface area contributed by atoms with Gasteiger partial charge in [-0.15, -0.1) is 0 Å². The van der Waals surface area contributed by atoms with Crippen LogP contribution in [0.15, 0.2) is 24.3 Å². The number of hydrogen-bond donors (Lipinski definition) is 1. The molecule has 0 saturated heterocycles. The minimum Gasteiger partial charge on any atom is -0.494 e. The molecule has 106 valence electrons. The molecule has 19 heavy (non-hydrogen) atoms. The van der Waals surface area contributed by atoms with E-state index < -0.39 is 5.41 Å². The molecule has 2 unspecified atom stereocenters. The third-order valence-corrected chi connectivity index (χ3v) is 3.57. The van der Waals surface area contributed by atoms with E-state index in [1.165, 1.54) is 7.11 Å². The smallest absolute Gasteiger partial charge is 0.306 e. The first kappa shape index (κ1) is 15.5. The van der Waals surface area contributed by atoms with E-state index in [9.17, 15) is 4.79 Å². The quantitative estimate of drug-likeness (QED) is 0.801. The van der Waals surface area contributed by atoms with Crippen molar-refractivity contribution in [2.24, 2.45) is 5.73 Å². The van der Waals surface area contributed by atoms with Gasteiger partial charge in [0.15, 0.2) is 0 Å². The first-order valence-electron chi connectivity index (χ1n) is 6.49. The van der Waals surface area contributed by atoms with Gasteiger partial charge in [-0.1, -0.05) is 19.1 Å². The Balaban J connectivity index is 3.01. The van der Waals surface area contributed by atoms with Crippen LogP contribution >= 0.6 is 0 Å². The van der Waals surface area contributed by atoms with Gasteiger partial charge in [0.1, 0.15) is 5.75 Å². The number of carbonyl (C=O) groups excluding carboxylic acids is 1. The second-order valence-corrected chi connectivity index (χ2v) is 4.92. The highest BCUT2D eigenvalue weighted by Crippen LogP contribution is 2.32. The Hall–Kier alpha value is -1.55. The first-order valence-corrected chi connectivity index (χ1v) is 6.49. The largest absolute Gasteiger partial charge is 0.494 e. The summed E-state index contributed by atoms with van der Waals surface area (Å²) >= 11 is 0. The summed E-state index contributed by atoms with van der Waals surface area (Å²) in [6.07, 6.45) is 0.259. The normalized spacial score (nSPS) is 15.4. The lowest BCUT2D eigenvalue weighted by atomic mass is 9.74. The Morgan fingerprint density at radius 3 is 2.37 bits per heavy atom. The first-order chi connectivity index (χ1) is 8.93. The van der Waals surface area contributed by atoms with Crippen LogP contribution in [0.5, 0.6) is 5.75 Å². The Bertz CT molecular complexity index is 414. The van der Waals surface area contributed by atoms with Crippen LogP contribution < -0.4 is 10.5 Å². The monoisotopic (exact) mass is 265 g/mol. The fourth-order valence-electron chi connectivity index (χ4n) is 2.00. The summed E-state index contributed by atoms with van der Waals surface area (Å²) < 4.78 is 10.2. The molecule has 0 bridgehead atoms. The second-order valence-electron chi connectivity index (χ2n) is 4.92. The van der Waals surface area contributed by atoms with Gasteiger partial charge in [-0.2, -0.15) is 0 Å². The molecule has 0 heterocycles. The minimum absolute atomic E-state index is 0.162. The second kappa shape index (κ2) is 6.57. The van der Waals surface area contributed by atoms with Crippen LogP contribution in [0.25, 0.3) is 0 Å². The molecule has 2 atom stereocenters. The number of esters is 1. The molecule has 2 N–H and O–H groups in total. The van der Waals surface area contributed by atoms with Crippen molar-refractivity contribution in [3.05, 3.63) is 29.8 Å².